The van der Waals surface area contributed by atoms with Crippen LogP contribution < -0.4 is 16.2 Å². The maximum atomic E-state index is 11.7. The van der Waals surface area contributed by atoms with E-state index in [-0.39, 0.29) is 5.91 Å². The highest BCUT2D eigenvalue weighted by atomic mass is 16.5. The van der Waals surface area contributed by atoms with E-state index in [2.05, 4.69) is 16.5 Å². The van der Waals surface area contributed by atoms with Crippen LogP contribution in [0.25, 0.3) is 11.1 Å². The van der Waals surface area contributed by atoms with Gasteiger partial charge in [-0.05, 0) is 54.7 Å². The number of nitrogens with two attached hydrogens (primary N) is 2. The van der Waals surface area contributed by atoms with Crippen LogP contribution in [0.5, 0.6) is 11.5 Å². The number of piperidine rings is 1. The van der Waals surface area contributed by atoms with E-state index in [1.54, 1.807) is 0 Å². The molecule has 1 aliphatic rings. The lowest BCUT2D eigenvalue weighted by Gasteiger charge is -2.31. The van der Waals surface area contributed by atoms with Crippen LogP contribution >= 0.6 is 0 Å². The first-order chi connectivity index (χ1) is 15.5. The Morgan fingerprint density at radius 1 is 1.00 bits per heavy atom. The number of hydrogen-bond acceptors (Lipinski definition) is 6. The Hall–Kier alpha value is -3.87. The van der Waals surface area contributed by atoms with E-state index in [0.29, 0.717) is 35.4 Å². The lowest BCUT2D eigenvalue weighted by Crippen LogP contribution is -2.38. The van der Waals surface area contributed by atoms with Crippen molar-refractivity contribution in [2.75, 3.05) is 24.6 Å². The highest BCUT2D eigenvalue weighted by Gasteiger charge is 2.23. The predicted octanol–water partition coefficient (Wildman–Crippen LogP) is 4.07. The van der Waals surface area contributed by atoms with Crippen LogP contribution in [0.1, 0.15) is 18.7 Å². The summed E-state index contributed by atoms with van der Waals surface area (Å²) in [4.78, 5) is 22.6. The molecular weight excluding hydrogens is 402 g/mol. The summed E-state index contributed by atoms with van der Waals surface area (Å²) in [7, 11) is 0. The molecule has 4 N–H and O–H groups in total. The maximum absolute atomic E-state index is 11.7. The van der Waals surface area contributed by atoms with Crippen molar-refractivity contribution in [1.29, 1.82) is 0 Å². The van der Waals surface area contributed by atoms with Gasteiger partial charge >= 0.3 is 0 Å². The second kappa shape index (κ2) is 9.51. The Kier molecular flexibility index (Phi) is 6.35. The standard InChI is InChI=1S/C25H27N5O2/c1-2-22(31)30-14-12-17(13-15-30)16-21-28-24(26)23(25(27)29-21)18-8-10-20(11-9-18)32-19-6-4-3-5-7-19/h2-11,17H,1,12-16H2,(H4,26,27,28,29). The Labute approximate surface area is 187 Å². The molecule has 1 aliphatic heterocycles. The van der Waals surface area contributed by atoms with Crippen molar-refractivity contribution in [1.82, 2.24) is 14.9 Å². The molecule has 1 fully saturated rings. The molecule has 0 atom stereocenters. The summed E-state index contributed by atoms with van der Waals surface area (Å²) in [5.74, 6) is 3.23. The smallest absolute Gasteiger partial charge is 0.245 e. The summed E-state index contributed by atoms with van der Waals surface area (Å²) in [5.41, 5.74) is 14.0. The molecule has 0 unspecified atom stereocenters. The highest BCUT2D eigenvalue weighted by molar-refractivity contribution is 5.87. The third-order valence-corrected chi connectivity index (χ3v) is 5.71. The first-order valence-electron chi connectivity index (χ1n) is 10.7. The van der Waals surface area contributed by atoms with Crippen molar-refractivity contribution in [2.45, 2.75) is 19.3 Å². The molecule has 2 heterocycles. The van der Waals surface area contributed by atoms with Gasteiger partial charge in [-0.2, -0.15) is 0 Å². The van der Waals surface area contributed by atoms with Crippen molar-refractivity contribution in [2.24, 2.45) is 5.92 Å². The lowest BCUT2D eigenvalue weighted by atomic mass is 9.93. The number of anilines is 2. The molecule has 1 amide bonds. The van der Waals surface area contributed by atoms with Gasteiger partial charge < -0.3 is 21.1 Å². The van der Waals surface area contributed by atoms with Gasteiger partial charge in [0, 0.05) is 19.5 Å². The quantitative estimate of drug-likeness (QED) is 0.572. The topological polar surface area (TPSA) is 107 Å². The monoisotopic (exact) mass is 429 g/mol. The number of ether oxygens (including phenoxy) is 1. The Morgan fingerprint density at radius 2 is 1.59 bits per heavy atom. The van der Waals surface area contributed by atoms with E-state index >= 15 is 0 Å². The third kappa shape index (κ3) is 4.88. The molecule has 0 bridgehead atoms. The van der Waals surface area contributed by atoms with Crippen molar-refractivity contribution >= 4 is 17.5 Å². The summed E-state index contributed by atoms with van der Waals surface area (Å²) in [5, 5.41) is 0. The molecule has 164 valence electrons. The molecule has 0 saturated carbocycles. The minimum absolute atomic E-state index is 0.0160. The first kappa shape index (κ1) is 21.4. The van der Waals surface area contributed by atoms with Gasteiger partial charge in [0.25, 0.3) is 0 Å². The molecule has 7 heteroatoms. The second-order valence-corrected chi connectivity index (χ2v) is 7.90. The average Bonchev–Trinajstić information content (AvgIpc) is 2.80. The molecule has 4 rings (SSSR count). The van der Waals surface area contributed by atoms with Crippen LogP contribution in [-0.2, 0) is 11.2 Å². The summed E-state index contributed by atoms with van der Waals surface area (Å²) >= 11 is 0. The highest BCUT2D eigenvalue weighted by Crippen LogP contribution is 2.32. The summed E-state index contributed by atoms with van der Waals surface area (Å²) in [6.45, 7) is 4.99. The molecule has 2 aromatic carbocycles. The third-order valence-electron chi connectivity index (χ3n) is 5.71. The molecule has 7 nitrogen and oxygen atoms in total. The van der Waals surface area contributed by atoms with Crippen LogP contribution in [0.4, 0.5) is 11.6 Å². The zero-order valence-corrected chi connectivity index (χ0v) is 17.9. The van der Waals surface area contributed by atoms with Crippen LogP contribution in [0.15, 0.2) is 67.3 Å². The minimum atomic E-state index is -0.0160. The number of carbonyl (C=O) groups is 1. The van der Waals surface area contributed by atoms with Crippen LogP contribution in [0.3, 0.4) is 0 Å². The number of aromatic nitrogens is 2. The number of hydrogen-bond donors (Lipinski definition) is 2. The van der Waals surface area contributed by atoms with Gasteiger partial charge in [-0.1, -0.05) is 36.9 Å². The summed E-state index contributed by atoms with van der Waals surface area (Å²) in [6.07, 6.45) is 3.85. The van der Waals surface area contributed by atoms with Crippen LogP contribution in [0, 0.1) is 5.92 Å². The Bertz CT molecular complexity index is 1070. The van der Waals surface area contributed by atoms with Gasteiger partial charge in [0.1, 0.15) is 29.0 Å². The molecule has 0 spiro atoms. The van der Waals surface area contributed by atoms with E-state index in [1.807, 2.05) is 59.5 Å². The maximum Gasteiger partial charge on any atom is 0.245 e. The summed E-state index contributed by atoms with van der Waals surface area (Å²) < 4.78 is 5.84. The minimum Gasteiger partial charge on any atom is -0.457 e. The largest absolute Gasteiger partial charge is 0.457 e. The van der Waals surface area contributed by atoms with Gasteiger partial charge in [0.15, 0.2) is 0 Å². The first-order valence-corrected chi connectivity index (χ1v) is 10.7. The SMILES string of the molecule is C=CC(=O)N1CCC(Cc2nc(N)c(-c3ccc(Oc4ccccc4)cc3)c(N)n2)CC1. The van der Waals surface area contributed by atoms with Gasteiger partial charge in [-0.3, -0.25) is 4.79 Å². The average molecular weight is 430 g/mol. The van der Waals surface area contributed by atoms with Crippen LogP contribution in [0.2, 0.25) is 0 Å². The number of amides is 1. The Balaban J connectivity index is 1.44. The fourth-order valence-corrected chi connectivity index (χ4v) is 3.99. The van der Waals surface area contributed by atoms with Gasteiger partial charge in [0.05, 0.1) is 5.56 Å². The number of nitrogen functional groups attached to an aromatic ring is 2. The van der Waals surface area contributed by atoms with E-state index in [4.69, 9.17) is 16.2 Å². The molecule has 3 aromatic rings. The Morgan fingerprint density at radius 3 is 2.19 bits per heavy atom. The van der Waals surface area contributed by atoms with Crippen molar-refractivity contribution in [3.8, 4) is 22.6 Å². The molecule has 0 radical (unpaired) electrons. The van der Waals surface area contributed by atoms with Crippen molar-refractivity contribution in [3.63, 3.8) is 0 Å². The zero-order valence-electron chi connectivity index (χ0n) is 17.9. The fraction of sp³-hybridized carbons (Fsp3) is 0.240. The molecule has 0 aliphatic carbocycles. The van der Waals surface area contributed by atoms with Gasteiger partial charge in [-0.25, -0.2) is 9.97 Å². The zero-order chi connectivity index (χ0) is 22.5. The predicted molar refractivity (Wildman–Crippen MR) is 126 cm³/mol. The molecule has 1 saturated heterocycles. The van der Waals surface area contributed by atoms with E-state index in [9.17, 15) is 4.79 Å². The van der Waals surface area contributed by atoms with Crippen LogP contribution in [-0.4, -0.2) is 33.9 Å². The normalized spacial score (nSPS) is 14.2. The van der Waals surface area contributed by atoms with E-state index in [1.165, 1.54) is 6.08 Å². The number of nitrogens with zero attached hydrogens (tertiary/aromatic N) is 3. The number of carbonyl (C=O) groups excluding carboxylic acids is 1. The van der Waals surface area contributed by atoms with Crippen molar-refractivity contribution < 1.29 is 9.53 Å². The lowest BCUT2D eigenvalue weighted by molar-refractivity contribution is -0.127. The van der Waals surface area contributed by atoms with E-state index in [0.717, 1.165) is 43.0 Å². The van der Waals surface area contributed by atoms with Gasteiger partial charge in [-0.15, -0.1) is 0 Å². The number of rotatable bonds is 6. The number of likely N-dealkylation sites (tertiary alicyclic amines) is 1. The summed E-state index contributed by atoms with van der Waals surface area (Å²) in [6, 6.07) is 17.1. The second-order valence-electron chi connectivity index (χ2n) is 7.90. The van der Waals surface area contributed by atoms with Gasteiger partial charge in [0.2, 0.25) is 5.91 Å². The fourth-order valence-electron chi connectivity index (χ4n) is 3.99. The van der Waals surface area contributed by atoms with Crippen molar-refractivity contribution in [3.05, 3.63) is 73.1 Å². The molecule has 1 aromatic heterocycles. The number of para-hydroxylation sites is 1. The molecule has 32 heavy (non-hydrogen) atoms. The van der Waals surface area contributed by atoms with E-state index < -0.39 is 0 Å². The molecular formula is C25H27N5O2. The number of benzene rings is 2.